The van der Waals surface area contributed by atoms with E-state index in [1.54, 1.807) is 24.3 Å². The first kappa shape index (κ1) is 10.5. The third-order valence-electron chi connectivity index (χ3n) is 1.53. The summed E-state index contributed by atoms with van der Waals surface area (Å²) in [6, 6.07) is 6.63. The smallest absolute Gasteiger partial charge is 0.221 e. The molecule has 1 aromatic carbocycles. The van der Waals surface area contributed by atoms with Crippen molar-refractivity contribution in [1.82, 2.24) is 0 Å². The number of halogens is 1. The van der Waals surface area contributed by atoms with E-state index in [1.165, 1.54) is 6.92 Å². The highest BCUT2D eigenvalue weighted by Gasteiger charge is 2.00. The second kappa shape index (κ2) is 4.62. The fourth-order valence-corrected chi connectivity index (χ4v) is 1.08. The maximum atomic E-state index is 10.7. The summed E-state index contributed by atoms with van der Waals surface area (Å²) in [5.74, 6) is -0.139. The Bertz CT molecular complexity index is 360. The van der Waals surface area contributed by atoms with Crippen molar-refractivity contribution < 1.29 is 10.0 Å². The van der Waals surface area contributed by atoms with Crippen molar-refractivity contribution in [3.05, 3.63) is 29.8 Å². The Morgan fingerprint density at radius 2 is 2.00 bits per heavy atom. The lowest BCUT2D eigenvalue weighted by molar-refractivity contribution is -0.114. The molecule has 2 N–H and O–H groups in total. The van der Waals surface area contributed by atoms with Gasteiger partial charge >= 0.3 is 0 Å². The summed E-state index contributed by atoms with van der Waals surface area (Å²) in [6.07, 6.45) is 0. The summed E-state index contributed by atoms with van der Waals surface area (Å²) in [5.41, 5.74) is 1.26. The summed E-state index contributed by atoms with van der Waals surface area (Å²) in [6.45, 7) is 1.43. The molecule has 4 nitrogen and oxygen atoms in total. The molecule has 0 aromatic heterocycles. The summed E-state index contributed by atoms with van der Waals surface area (Å²) in [7, 11) is 0. The van der Waals surface area contributed by atoms with E-state index in [2.05, 4.69) is 10.5 Å². The van der Waals surface area contributed by atoms with Crippen molar-refractivity contribution in [3.63, 3.8) is 0 Å². The molecule has 0 heterocycles. The number of nitrogens with one attached hydrogen (secondary N) is 1. The van der Waals surface area contributed by atoms with Gasteiger partial charge in [-0.3, -0.25) is 4.79 Å². The number of nitrogens with zero attached hydrogens (tertiary/aromatic N) is 1. The van der Waals surface area contributed by atoms with E-state index in [4.69, 9.17) is 16.8 Å². The van der Waals surface area contributed by atoms with Gasteiger partial charge in [0.05, 0.1) is 0 Å². The molecule has 0 bridgehead atoms. The Kier molecular flexibility index (Phi) is 3.48. The summed E-state index contributed by atoms with van der Waals surface area (Å²) < 4.78 is 0. The van der Waals surface area contributed by atoms with Crippen LogP contribution < -0.4 is 5.32 Å². The molecule has 1 aromatic rings. The van der Waals surface area contributed by atoms with E-state index < -0.39 is 0 Å². The number of rotatable bonds is 2. The lowest BCUT2D eigenvalue weighted by Crippen LogP contribution is -2.05. The van der Waals surface area contributed by atoms with Gasteiger partial charge in [0.1, 0.15) is 0 Å². The molecule has 0 saturated heterocycles. The van der Waals surface area contributed by atoms with E-state index in [-0.39, 0.29) is 11.1 Å². The van der Waals surface area contributed by atoms with E-state index in [1.807, 2.05) is 0 Å². The molecule has 14 heavy (non-hydrogen) atoms. The van der Waals surface area contributed by atoms with E-state index >= 15 is 0 Å². The monoisotopic (exact) mass is 212 g/mol. The number of carbonyl (C=O) groups excluding carboxylic acids is 1. The Balaban J connectivity index is 2.83. The molecule has 74 valence electrons. The molecule has 0 aliphatic carbocycles. The average Bonchev–Trinajstić information content (AvgIpc) is 2.17. The zero-order valence-electron chi connectivity index (χ0n) is 7.49. The molecule has 5 heteroatoms. The van der Waals surface area contributed by atoms with Crippen LogP contribution in [0, 0.1) is 0 Å². The Labute approximate surface area is 86.2 Å². The number of hydrogen-bond acceptors (Lipinski definition) is 3. The summed E-state index contributed by atoms with van der Waals surface area (Å²) in [4.78, 5) is 10.7. The lowest BCUT2D eigenvalue weighted by Gasteiger charge is -2.02. The van der Waals surface area contributed by atoms with E-state index in [9.17, 15) is 4.79 Å². The van der Waals surface area contributed by atoms with Crippen LogP contribution in [0.5, 0.6) is 0 Å². The van der Waals surface area contributed by atoms with Gasteiger partial charge in [-0.25, -0.2) is 0 Å². The Morgan fingerprint density at radius 3 is 2.43 bits per heavy atom. The van der Waals surface area contributed by atoms with Crippen LogP contribution in [-0.4, -0.2) is 16.3 Å². The highest BCUT2D eigenvalue weighted by Crippen LogP contribution is 2.11. The molecule has 0 aliphatic heterocycles. The van der Waals surface area contributed by atoms with Gasteiger partial charge in [-0.05, 0) is 24.3 Å². The largest absolute Gasteiger partial charge is 0.410 e. The summed E-state index contributed by atoms with van der Waals surface area (Å²) in [5, 5.41) is 13.9. The molecule has 1 amide bonds. The van der Waals surface area contributed by atoms with Crippen molar-refractivity contribution in [2.24, 2.45) is 5.16 Å². The van der Waals surface area contributed by atoms with Crippen molar-refractivity contribution in [3.8, 4) is 0 Å². The second-order valence-electron chi connectivity index (χ2n) is 2.65. The number of amides is 1. The molecule has 0 saturated carbocycles. The van der Waals surface area contributed by atoms with Gasteiger partial charge in [0.2, 0.25) is 5.91 Å². The van der Waals surface area contributed by atoms with Crippen molar-refractivity contribution in [2.75, 3.05) is 5.32 Å². The van der Waals surface area contributed by atoms with Crippen molar-refractivity contribution in [2.45, 2.75) is 6.92 Å². The van der Waals surface area contributed by atoms with E-state index in [0.29, 0.717) is 11.3 Å². The normalized spacial score (nSPS) is 11.1. The van der Waals surface area contributed by atoms with Crippen LogP contribution in [0.4, 0.5) is 5.69 Å². The highest BCUT2D eigenvalue weighted by molar-refractivity contribution is 6.69. The molecule has 0 radical (unpaired) electrons. The minimum absolute atomic E-state index is 0.0133. The van der Waals surface area contributed by atoms with Gasteiger partial charge < -0.3 is 10.5 Å². The minimum atomic E-state index is -0.139. The van der Waals surface area contributed by atoms with Gasteiger partial charge in [-0.1, -0.05) is 16.8 Å². The van der Waals surface area contributed by atoms with Crippen LogP contribution in [0.25, 0.3) is 0 Å². The number of anilines is 1. The standard InChI is InChI=1S/C9H9ClN2O2/c1-6(13)11-8-4-2-7(3-5-8)9(10)12-14/h2-5,14H,1H3,(H,11,13)/b12-9-. The quantitative estimate of drug-likeness (QED) is 0.448. The second-order valence-corrected chi connectivity index (χ2v) is 3.01. The third-order valence-corrected chi connectivity index (χ3v) is 1.83. The number of oxime groups is 1. The number of carbonyl (C=O) groups is 1. The van der Waals surface area contributed by atoms with Crippen LogP contribution in [0.15, 0.2) is 29.4 Å². The van der Waals surface area contributed by atoms with Crippen molar-refractivity contribution in [1.29, 1.82) is 0 Å². The highest BCUT2D eigenvalue weighted by atomic mass is 35.5. The molecule has 1 rings (SSSR count). The van der Waals surface area contributed by atoms with Gasteiger partial charge in [-0.2, -0.15) is 0 Å². The Hall–Kier alpha value is -1.55. The van der Waals surface area contributed by atoms with Crippen LogP contribution in [0.1, 0.15) is 12.5 Å². The van der Waals surface area contributed by atoms with Gasteiger partial charge in [0, 0.05) is 18.2 Å². The lowest BCUT2D eigenvalue weighted by atomic mass is 10.2. The topological polar surface area (TPSA) is 61.7 Å². The number of hydrogen-bond donors (Lipinski definition) is 2. The fourth-order valence-electron chi connectivity index (χ4n) is 0.952. The van der Waals surface area contributed by atoms with Crippen LogP contribution >= 0.6 is 11.6 Å². The van der Waals surface area contributed by atoms with Crippen LogP contribution in [0.3, 0.4) is 0 Å². The molecule has 0 atom stereocenters. The fraction of sp³-hybridized carbons (Fsp3) is 0.111. The third kappa shape index (κ3) is 2.74. The van der Waals surface area contributed by atoms with Crippen LogP contribution in [-0.2, 0) is 4.79 Å². The molecule has 0 fully saturated rings. The van der Waals surface area contributed by atoms with E-state index in [0.717, 1.165) is 0 Å². The van der Waals surface area contributed by atoms with Gasteiger partial charge in [0.25, 0.3) is 0 Å². The number of benzene rings is 1. The molecular weight excluding hydrogens is 204 g/mol. The molecule has 0 aliphatic rings. The van der Waals surface area contributed by atoms with Gasteiger partial charge in [0.15, 0.2) is 5.17 Å². The molecule has 0 unspecified atom stereocenters. The first-order chi connectivity index (χ1) is 6.63. The summed E-state index contributed by atoms with van der Waals surface area (Å²) >= 11 is 5.56. The predicted molar refractivity (Wildman–Crippen MR) is 54.9 cm³/mol. The maximum Gasteiger partial charge on any atom is 0.221 e. The SMILES string of the molecule is CC(=O)Nc1ccc(/C(Cl)=N/O)cc1. The minimum Gasteiger partial charge on any atom is -0.410 e. The molecule has 0 spiro atoms. The first-order valence-corrected chi connectivity index (χ1v) is 4.27. The predicted octanol–water partition coefficient (Wildman–Crippen LogP) is 2.02. The van der Waals surface area contributed by atoms with Gasteiger partial charge in [-0.15, -0.1) is 0 Å². The maximum absolute atomic E-state index is 10.7. The van der Waals surface area contributed by atoms with Crippen molar-refractivity contribution >= 4 is 28.4 Å². The zero-order chi connectivity index (χ0) is 10.6. The first-order valence-electron chi connectivity index (χ1n) is 3.89. The van der Waals surface area contributed by atoms with Crippen LogP contribution in [0.2, 0.25) is 0 Å². The Morgan fingerprint density at radius 1 is 1.43 bits per heavy atom. The average molecular weight is 213 g/mol. The zero-order valence-corrected chi connectivity index (χ0v) is 8.25. The molecular formula is C9H9ClN2O2.